The molecular formula is C11H16N2O3. The van der Waals surface area contributed by atoms with Crippen LogP contribution >= 0.6 is 0 Å². The lowest BCUT2D eigenvalue weighted by atomic mass is 10.1. The molecule has 1 atom stereocenters. The third-order valence-corrected chi connectivity index (χ3v) is 2.24. The molecule has 1 rings (SSSR count). The van der Waals surface area contributed by atoms with Crippen molar-refractivity contribution in [2.24, 2.45) is 0 Å². The van der Waals surface area contributed by atoms with Gasteiger partial charge in [0.1, 0.15) is 5.56 Å². The third kappa shape index (κ3) is 3.51. The molecule has 0 saturated carbocycles. The van der Waals surface area contributed by atoms with Crippen molar-refractivity contribution in [3.05, 3.63) is 34.2 Å². The summed E-state index contributed by atoms with van der Waals surface area (Å²) < 4.78 is 0. The molecule has 0 aliphatic carbocycles. The van der Waals surface area contributed by atoms with Gasteiger partial charge in [-0.15, -0.1) is 0 Å². The Labute approximate surface area is 93.5 Å². The van der Waals surface area contributed by atoms with Gasteiger partial charge in [0.05, 0.1) is 0 Å². The quantitative estimate of drug-likeness (QED) is 0.671. The first-order valence-corrected chi connectivity index (χ1v) is 5.24. The zero-order valence-electron chi connectivity index (χ0n) is 9.19. The van der Waals surface area contributed by atoms with E-state index in [2.05, 4.69) is 10.3 Å². The Balaban J connectivity index is 2.59. The molecule has 0 saturated heterocycles. The van der Waals surface area contributed by atoms with E-state index in [1.807, 2.05) is 6.92 Å². The number of hydrogen-bond acceptors (Lipinski definition) is 3. The number of H-pyrrole nitrogens is 1. The molecule has 5 heteroatoms. The number of aliphatic hydroxyl groups is 1. The Morgan fingerprint density at radius 3 is 3.00 bits per heavy atom. The summed E-state index contributed by atoms with van der Waals surface area (Å²) in [6, 6.07) is 3.03. The van der Waals surface area contributed by atoms with E-state index >= 15 is 0 Å². The van der Waals surface area contributed by atoms with E-state index in [-0.39, 0.29) is 24.1 Å². The molecule has 0 spiro atoms. The second-order valence-corrected chi connectivity index (χ2v) is 3.65. The highest BCUT2D eigenvalue weighted by atomic mass is 16.3. The number of hydrogen-bond donors (Lipinski definition) is 3. The number of aliphatic hydroxyl groups excluding tert-OH is 1. The van der Waals surface area contributed by atoms with Gasteiger partial charge in [0.2, 0.25) is 0 Å². The van der Waals surface area contributed by atoms with Gasteiger partial charge in [-0.25, -0.2) is 0 Å². The number of nitrogens with one attached hydrogen (secondary N) is 2. The summed E-state index contributed by atoms with van der Waals surface area (Å²) in [6.45, 7) is 1.94. The van der Waals surface area contributed by atoms with E-state index in [9.17, 15) is 9.59 Å². The maximum absolute atomic E-state index is 11.6. The van der Waals surface area contributed by atoms with Crippen LogP contribution < -0.4 is 10.9 Å². The van der Waals surface area contributed by atoms with Crippen LogP contribution in [0.2, 0.25) is 0 Å². The fraction of sp³-hybridized carbons (Fsp3) is 0.455. The normalized spacial score (nSPS) is 12.1. The monoisotopic (exact) mass is 224 g/mol. The number of aromatic nitrogens is 1. The minimum atomic E-state index is -0.394. The summed E-state index contributed by atoms with van der Waals surface area (Å²) in [5.74, 6) is -0.382. The predicted octanol–water partition coefficient (Wildman–Crippen LogP) is 0.266. The van der Waals surface area contributed by atoms with Crippen molar-refractivity contribution in [1.82, 2.24) is 10.3 Å². The van der Waals surface area contributed by atoms with E-state index in [4.69, 9.17) is 5.11 Å². The van der Waals surface area contributed by atoms with Crippen molar-refractivity contribution < 1.29 is 9.90 Å². The number of carbonyl (C=O) groups excluding carboxylic acids is 1. The highest BCUT2D eigenvalue weighted by Gasteiger charge is 2.11. The van der Waals surface area contributed by atoms with Crippen LogP contribution in [0.3, 0.4) is 0 Å². The molecule has 0 radical (unpaired) electrons. The highest BCUT2D eigenvalue weighted by molar-refractivity contribution is 5.93. The van der Waals surface area contributed by atoms with Crippen molar-refractivity contribution in [2.45, 2.75) is 25.8 Å². The summed E-state index contributed by atoms with van der Waals surface area (Å²) in [5, 5.41) is 11.3. The van der Waals surface area contributed by atoms with Crippen LogP contribution in [-0.2, 0) is 0 Å². The van der Waals surface area contributed by atoms with E-state index < -0.39 is 5.56 Å². The van der Waals surface area contributed by atoms with Crippen molar-refractivity contribution >= 4 is 5.91 Å². The zero-order valence-corrected chi connectivity index (χ0v) is 9.19. The van der Waals surface area contributed by atoms with E-state index in [0.29, 0.717) is 12.8 Å². The molecule has 0 aliphatic rings. The van der Waals surface area contributed by atoms with Gasteiger partial charge < -0.3 is 15.4 Å². The van der Waals surface area contributed by atoms with Crippen LogP contribution in [-0.4, -0.2) is 28.6 Å². The lowest BCUT2D eigenvalue weighted by molar-refractivity contribution is 0.0935. The predicted molar refractivity (Wildman–Crippen MR) is 60.3 cm³/mol. The molecule has 0 aliphatic heterocycles. The van der Waals surface area contributed by atoms with Gasteiger partial charge in [-0.05, 0) is 31.9 Å². The van der Waals surface area contributed by atoms with Crippen molar-refractivity contribution in [3.8, 4) is 0 Å². The molecule has 1 aromatic heterocycles. The Bertz CT molecular complexity index is 400. The molecule has 0 fully saturated rings. The minimum absolute atomic E-state index is 0.0562. The van der Waals surface area contributed by atoms with Crippen molar-refractivity contribution in [2.75, 3.05) is 6.61 Å². The molecule has 16 heavy (non-hydrogen) atoms. The topological polar surface area (TPSA) is 82.2 Å². The molecule has 1 heterocycles. The second-order valence-electron chi connectivity index (χ2n) is 3.65. The summed E-state index contributed by atoms with van der Waals surface area (Å²) in [5.41, 5.74) is -0.285. The minimum Gasteiger partial charge on any atom is -0.396 e. The first kappa shape index (κ1) is 12.4. The highest BCUT2D eigenvalue weighted by Crippen LogP contribution is 1.97. The van der Waals surface area contributed by atoms with E-state index in [1.165, 1.54) is 12.3 Å². The smallest absolute Gasteiger partial charge is 0.260 e. The number of aromatic amines is 1. The fourth-order valence-electron chi connectivity index (χ4n) is 1.37. The molecular weight excluding hydrogens is 208 g/mol. The van der Waals surface area contributed by atoms with Gasteiger partial charge in [-0.3, -0.25) is 9.59 Å². The fourth-order valence-corrected chi connectivity index (χ4v) is 1.37. The average molecular weight is 224 g/mol. The van der Waals surface area contributed by atoms with Crippen LogP contribution in [0.25, 0.3) is 0 Å². The molecule has 1 aromatic rings. The summed E-state index contributed by atoms with van der Waals surface area (Å²) in [4.78, 5) is 25.4. The van der Waals surface area contributed by atoms with Crippen molar-refractivity contribution in [3.63, 3.8) is 0 Å². The second kappa shape index (κ2) is 6.07. The first-order valence-electron chi connectivity index (χ1n) is 5.24. The number of rotatable bonds is 5. The van der Waals surface area contributed by atoms with Crippen LogP contribution in [0, 0.1) is 0 Å². The zero-order chi connectivity index (χ0) is 12.0. The summed E-state index contributed by atoms with van der Waals surface area (Å²) >= 11 is 0. The van der Waals surface area contributed by atoms with Crippen LogP contribution in [0.5, 0.6) is 0 Å². The van der Waals surface area contributed by atoms with Crippen molar-refractivity contribution in [1.29, 1.82) is 0 Å². The molecule has 0 bridgehead atoms. The van der Waals surface area contributed by atoms with Gasteiger partial charge in [0, 0.05) is 18.8 Å². The average Bonchev–Trinajstić information content (AvgIpc) is 2.26. The lowest BCUT2D eigenvalue weighted by Crippen LogP contribution is -2.35. The molecule has 88 valence electrons. The largest absolute Gasteiger partial charge is 0.396 e. The third-order valence-electron chi connectivity index (χ3n) is 2.24. The standard InChI is InChI=1S/C11H16N2O3/c1-8(4-3-7-14)13-11(16)9-5-2-6-12-10(9)15/h2,5-6,8,14H,3-4,7H2,1H3,(H,12,15)(H,13,16). The Morgan fingerprint density at radius 1 is 1.62 bits per heavy atom. The Morgan fingerprint density at radius 2 is 2.38 bits per heavy atom. The lowest BCUT2D eigenvalue weighted by Gasteiger charge is -2.12. The number of amides is 1. The Hall–Kier alpha value is -1.62. The van der Waals surface area contributed by atoms with E-state index in [0.717, 1.165) is 0 Å². The summed E-state index contributed by atoms with van der Waals surface area (Å²) in [6.07, 6.45) is 2.80. The SMILES string of the molecule is CC(CCCO)NC(=O)c1ccc[nH]c1=O. The summed E-state index contributed by atoms with van der Waals surface area (Å²) in [7, 11) is 0. The first-order chi connectivity index (χ1) is 7.65. The maximum atomic E-state index is 11.6. The molecule has 5 nitrogen and oxygen atoms in total. The number of carbonyl (C=O) groups is 1. The van der Waals surface area contributed by atoms with Crippen LogP contribution in [0.15, 0.2) is 23.1 Å². The number of pyridine rings is 1. The van der Waals surface area contributed by atoms with Gasteiger partial charge in [0.25, 0.3) is 11.5 Å². The molecule has 3 N–H and O–H groups in total. The maximum Gasteiger partial charge on any atom is 0.260 e. The molecule has 1 unspecified atom stereocenters. The molecule has 0 aromatic carbocycles. The van der Waals surface area contributed by atoms with Gasteiger partial charge in [-0.1, -0.05) is 0 Å². The molecule has 1 amide bonds. The van der Waals surface area contributed by atoms with Gasteiger partial charge >= 0.3 is 0 Å². The van der Waals surface area contributed by atoms with Crippen LogP contribution in [0.1, 0.15) is 30.1 Å². The van der Waals surface area contributed by atoms with E-state index in [1.54, 1.807) is 6.07 Å². The van der Waals surface area contributed by atoms with Gasteiger partial charge in [0.15, 0.2) is 0 Å². The van der Waals surface area contributed by atoms with Crippen LogP contribution in [0.4, 0.5) is 0 Å². The Kier molecular flexibility index (Phi) is 4.72. The van der Waals surface area contributed by atoms with Gasteiger partial charge in [-0.2, -0.15) is 0 Å².